The van der Waals surface area contributed by atoms with Gasteiger partial charge in [-0.3, -0.25) is 9.58 Å². The van der Waals surface area contributed by atoms with Crippen molar-refractivity contribution in [3.8, 4) is 22.8 Å². The number of aromatic nitrogens is 8. The summed E-state index contributed by atoms with van der Waals surface area (Å²) in [5.41, 5.74) is 2.49. The standard InChI is InChI=1S/C33H43ClN10O4/c1-23(19-43-22-37-40-41-43)48-31-16-25(2-7-29(31)34)26-17-35-33(36-18-26)38-30-20-44(39-32(30)47-21-24-8-12-45-13-9-24)28-5-3-27(4-6-28)42-10-14-46-15-11-42/h2,7,16-18,20,22-24,27-28H,3-6,8-15,19,21H2,1H3,(H,35,36,38)/t23-,27?,28?/m0/s1. The molecule has 1 aliphatic carbocycles. The van der Waals surface area contributed by atoms with Crippen LogP contribution in [-0.2, 0) is 16.0 Å². The zero-order valence-corrected chi connectivity index (χ0v) is 28.0. The lowest BCUT2D eigenvalue weighted by molar-refractivity contribution is 0.00501. The molecule has 0 amide bonds. The number of morpholine rings is 1. The van der Waals surface area contributed by atoms with E-state index in [1.807, 2.05) is 25.1 Å². The largest absolute Gasteiger partial charge is 0.487 e. The van der Waals surface area contributed by atoms with Gasteiger partial charge < -0.3 is 24.3 Å². The fourth-order valence-corrected chi connectivity index (χ4v) is 6.87. The van der Waals surface area contributed by atoms with Crippen LogP contribution in [0.25, 0.3) is 11.1 Å². The Morgan fingerprint density at radius 3 is 2.46 bits per heavy atom. The summed E-state index contributed by atoms with van der Waals surface area (Å²) in [6.07, 6.45) is 13.4. The molecule has 2 saturated heterocycles. The van der Waals surface area contributed by atoms with E-state index in [0.29, 0.717) is 53.8 Å². The minimum absolute atomic E-state index is 0.201. The quantitative estimate of drug-likeness (QED) is 0.220. The summed E-state index contributed by atoms with van der Waals surface area (Å²) in [7, 11) is 0. The zero-order valence-electron chi connectivity index (χ0n) is 27.3. The van der Waals surface area contributed by atoms with Crippen molar-refractivity contribution >= 4 is 23.2 Å². The van der Waals surface area contributed by atoms with E-state index in [9.17, 15) is 0 Å². The Bertz CT molecular complexity index is 1580. The predicted octanol–water partition coefficient (Wildman–Crippen LogP) is 4.81. The van der Waals surface area contributed by atoms with Crippen LogP contribution in [0, 0.1) is 5.92 Å². The topological polar surface area (TPSA) is 139 Å². The molecule has 7 rings (SSSR count). The molecule has 48 heavy (non-hydrogen) atoms. The third-order valence-electron chi connectivity index (χ3n) is 9.42. The van der Waals surface area contributed by atoms with E-state index in [4.69, 9.17) is 35.6 Å². The molecule has 14 nitrogen and oxygen atoms in total. The van der Waals surface area contributed by atoms with Crippen LogP contribution < -0.4 is 14.8 Å². The monoisotopic (exact) mass is 678 g/mol. The SMILES string of the molecule is C[C@@H](Cn1cnnn1)Oc1cc(-c2cnc(Nc3cn(C4CCC(N5CCOCC5)CC4)nc3OCC3CCOCC3)nc2)ccc1Cl. The highest BCUT2D eigenvalue weighted by molar-refractivity contribution is 6.32. The molecule has 3 fully saturated rings. The van der Waals surface area contributed by atoms with Gasteiger partial charge in [0.15, 0.2) is 0 Å². The van der Waals surface area contributed by atoms with Gasteiger partial charge in [0.1, 0.15) is 23.9 Å². The molecule has 1 saturated carbocycles. The Balaban J connectivity index is 1.03. The molecular formula is C33H43ClN10O4. The lowest BCUT2D eigenvalue weighted by Gasteiger charge is -2.38. The van der Waals surface area contributed by atoms with Gasteiger partial charge in [0.05, 0.1) is 43.6 Å². The number of rotatable bonds is 12. The van der Waals surface area contributed by atoms with Gasteiger partial charge in [0.25, 0.3) is 5.88 Å². The second-order valence-electron chi connectivity index (χ2n) is 12.8. The van der Waals surface area contributed by atoms with Crippen molar-refractivity contribution in [2.75, 3.05) is 51.4 Å². The molecule has 15 heteroatoms. The summed E-state index contributed by atoms with van der Waals surface area (Å²) in [6.45, 7) is 8.33. The number of tetrazole rings is 1. The summed E-state index contributed by atoms with van der Waals surface area (Å²) < 4.78 is 27.3. The molecule has 0 unspecified atom stereocenters. The molecule has 4 aromatic rings. The van der Waals surface area contributed by atoms with Crippen molar-refractivity contribution in [1.29, 1.82) is 0 Å². The van der Waals surface area contributed by atoms with Crippen molar-refractivity contribution in [3.05, 3.63) is 48.1 Å². The molecule has 5 heterocycles. The molecule has 3 aliphatic rings. The van der Waals surface area contributed by atoms with Gasteiger partial charge in [-0.2, -0.15) is 0 Å². The highest BCUT2D eigenvalue weighted by Gasteiger charge is 2.29. The minimum atomic E-state index is -0.201. The van der Waals surface area contributed by atoms with E-state index < -0.39 is 0 Å². The zero-order chi connectivity index (χ0) is 32.7. The van der Waals surface area contributed by atoms with Crippen molar-refractivity contribution in [2.45, 2.75) is 70.2 Å². The Hall–Kier alpha value is -3.85. The van der Waals surface area contributed by atoms with E-state index >= 15 is 0 Å². The highest BCUT2D eigenvalue weighted by atomic mass is 35.5. The van der Waals surface area contributed by atoms with Gasteiger partial charge in [0.2, 0.25) is 5.95 Å². The van der Waals surface area contributed by atoms with Crippen LogP contribution in [0.4, 0.5) is 11.6 Å². The number of ether oxygens (including phenoxy) is 4. The average molecular weight is 679 g/mol. The third-order valence-corrected chi connectivity index (χ3v) is 9.74. The van der Waals surface area contributed by atoms with E-state index in [1.54, 1.807) is 23.4 Å². The van der Waals surface area contributed by atoms with Crippen LogP contribution in [0.5, 0.6) is 11.6 Å². The smallest absolute Gasteiger partial charge is 0.256 e. The number of benzene rings is 1. The number of nitrogens with zero attached hydrogens (tertiary/aromatic N) is 9. The molecule has 3 aromatic heterocycles. The minimum Gasteiger partial charge on any atom is -0.487 e. The van der Waals surface area contributed by atoms with Gasteiger partial charge >= 0.3 is 0 Å². The second-order valence-corrected chi connectivity index (χ2v) is 13.2. The molecule has 2 aliphatic heterocycles. The summed E-state index contributed by atoms with van der Waals surface area (Å²) in [6, 6.07) is 6.58. The predicted molar refractivity (Wildman–Crippen MR) is 179 cm³/mol. The normalized spacial score (nSPS) is 21.5. The number of hydrogen-bond donors (Lipinski definition) is 1. The molecule has 1 N–H and O–H groups in total. The van der Waals surface area contributed by atoms with Gasteiger partial charge in [-0.25, -0.2) is 14.6 Å². The Morgan fingerprint density at radius 1 is 0.958 bits per heavy atom. The van der Waals surface area contributed by atoms with Crippen molar-refractivity contribution in [3.63, 3.8) is 0 Å². The molecular weight excluding hydrogens is 636 g/mol. The maximum atomic E-state index is 6.47. The van der Waals surface area contributed by atoms with Crippen molar-refractivity contribution in [1.82, 2.24) is 44.9 Å². The summed E-state index contributed by atoms with van der Waals surface area (Å²) >= 11 is 6.47. The van der Waals surface area contributed by atoms with Crippen LogP contribution in [0.15, 0.2) is 43.1 Å². The van der Waals surface area contributed by atoms with Gasteiger partial charge in [-0.05, 0) is 79.5 Å². The van der Waals surface area contributed by atoms with Crippen LogP contribution in [0.1, 0.15) is 51.5 Å². The highest BCUT2D eigenvalue weighted by Crippen LogP contribution is 2.36. The molecule has 0 radical (unpaired) electrons. The van der Waals surface area contributed by atoms with Crippen LogP contribution in [0.2, 0.25) is 5.02 Å². The molecule has 0 bridgehead atoms. The van der Waals surface area contributed by atoms with E-state index in [0.717, 1.165) is 94.9 Å². The van der Waals surface area contributed by atoms with Crippen LogP contribution in [-0.4, -0.2) is 103 Å². The first-order chi connectivity index (χ1) is 23.6. The van der Waals surface area contributed by atoms with E-state index in [2.05, 4.69) is 46.6 Å². The number of anilines is 2. The Kier molecular flexibility index (Phi) is 10.6. The number of nitrogens with one attached hydrogen (secondary N) is 1. The van der Waals surface area contributed by atoms with Gasteiger partial charge in [0, 0.05) is 50.3 Å². The molecule has 1 atom stereocenters. The fourth-order valence-electron chi connectivity index (χ4n) is 6.71. The first-order valence-electron chi connectivity index (χ1n) is 17.0. The van der Waals surface area contributed by atoms with Gasteiger partial charge in [-0.1, -0.05) is 17.7 Å². The Morgan fingerprint density at radius 2 is 1.71 bits per heavy atom. The summed E-state index contributed by atoms with van der Waals surface area (Å²) in [5.74, 6) is 2.06. The van der Waals surface area contributed by atoms with E-state index in [-0.39, 0.29) is 6.10 Å². The third kappa shape index (κ3) is 8.23. The molecule has 0 spiro atoms. The lowest BCUT2D eigenvalue weighted by atomic mass is 9.90. The maximum absolute atomic E-state index is 6.47. The number of halogens is 1. The van der Waals surface area contributed by atoms with Crippen molar-refractivity contribution in [2.24, 2.45) is 5.92 Å². The van der Waals surface area contributed by atoms with Crippen molar-refractivity contribution < 1.29 is 18.9 Å². The second kappa shape index (κ2) is 15.6. The summed E-state index contributed by atoms with van der Waals surface area (Å²) in [4.78, 5) is 11.9. The summed E-state index contributed by atoms with van der Waals surface area (Å²) in [5, 5.41) is 20.1. The first kappa shape index (κ1) is 32.7. The molecule has 256 valence electrons. The Labute approximate surface area is 285 Å². The van der Waals surface area contributed by atoms with Gasteiger partial charge in [-0.15, -0.1) is 10.2 Å². The first-order valence-corrected chi connectivity index (χ1v) is 17.3. The lowest BCUT2D eigenvalue weighted by Crippen LogP contribution is -2.45. The molecule has 1 aromatic carbocycles. The van der Waals surface area contributed by atoms with Crippen LogP contribution >= 0.6 is 11.6 Å². The number of hydrogen-bond acceptors (Lipinski definition) is 12. The van der Waals surface area contributed by atoms with E-state index in [1.165, 1.54) is 0 Å². The maximum Gasteiger partial charge on any atom is 0.256 e. The fraction of sp³-hybridized carbons (Fsp3) is 0.576. The van der Waals surface area contributed by atoms with Crippen LogP contribution in [0.3, 0.4) is 0 Å². The average Bonchev–Trinajstić information content (AvgIpc) is 3.79.